The van der Waals surface area contributed by atoms with Crippen molar-refractivity contribution in [3.63, 3.8) is 0 Å². The van der Waals surface area contributed by atoms with Crippen LogP contribution in [0.4, 0.5) is 0 Å². The molecule has 0 radical (unpaired) electrons. The molecule has 1 aromatic carbocycles. The molecule has 0 bridgehead atoms. The highest BCUT2D eigenvalue weighted by molar-refractivity contribution is 5.28. The van der Waals surface area contributed by atoms with E-state index >= 15 is 0 Å². The average Bonchev–Trinajstić information content (AvgIpc) is 2.54. The molecule has 1 heterocycles. The molecule has 1 aromatic heterocycles. The largest absolute Gasteiger partial charge is 0.497 e. The summed E-state index contributed by atoms with van der Waals surface area (Å²) in [6.45, 7) is 4.49. The second-order valence-electron chi connectivity index (χ2n) is 4.82. The maximum atomic E-state index is 5.74. The molecule has 112 valence electrons. The minimum Gasteiger partial charge on any atom is -0.497 e. The van der Waals surface area contributed by atoms with Crippen LogP contribution in [-0.4, -0.2) is 18.6 Å². The molecule has 21 heavy (non-hydrogen) atoms. The Morgan fingerprint density at radius 1 is 1.14 bits per heavy atom. The summed E-state index contributed by atoms with van der Waals surface area (Å²) in [5.41, 5.74) is 2.24. The van der Waals surface area contributed by atoms with Gasteiger partial charge in [-0.15, -0.1) is 0 Å². The smallest absolute Gasteiger partial charge is 0.213 e. The van der Waals surface area contributed by atoms with Crippen molar-refractivity contribution in [2.24, 2.45) is 0 Å². The quantitative estimate of drug-likeness (QED) is 0.757. The van der Waals surface area contributed by atoms with Crippen molar-refractivity contribution in [3.05, 3.63) is 53.7 Å². The van der Waals surface area contributed by atoms with E-state index in [9.17, 15) is 0 Å². The molecule has 0 atom stereocenters. The third-order valence-corrected chi connectivity index (χ3v) is 3.08. The van der Waals surface area contributed by atoms with Crippen molar-refractivity contribution in [1.29, 1.82) is 0 Å². The lowest BCUT2D eigenvalue weighted by atomic mass is 10.2. The first kappa shape index (κ1) is 15.3. The zero-order valence-electron chi connectivity index (χ0n) is 12.6. The molecular formula is C17H22N2O2. The number of rotatable bonds is 8. The van der Waals surface area contributed by atoms with Crippen LogP contribution in [-0.2, 0) is 13.2 Å². The minimum atomic E-state index is 0.482. The highest BCUT2D eigenvalue weighted by Gasteiger charge is 2.01. The van der Waals surface area contributed by atoms with Crippen molar-refractivity contribution in [2.75, 3.05) is 13.7 Å². The van der Waals surface area contributed by atoms with Crippen molar-refractivity contribution in [3.8, 4) is 11.6 Å². The van der Waals surface area contributed by atoms with Gasteiger partial charge in [0.2, 0.25) is 5.88 Å². The van der Waals surface area contributed by atoms with Gasteiger partial charge in [-0.3, -0.25) is 0 Å². The van der Waals surface area contributed by atoms with Gasteiger partial charge in [0.15, 0.2) is 0 Å². The van der Waals surface area contributed by atoms with Crippen LogP contribution in [0.5, 0.6) is 11.6 Å². The molecule has 0 saturated heterocycles. The fourth-order valence-electron chi connectivity index (χ4n) is 1.97. The van der Waals surface area contributed by atoms with Gasteiger partial charge >= 0.3 is 0 Å². The highest BCUT2D eigenvalue weighted by atomic mass is 16.5. The minimum absolute atomic E-state index is 0.482. The topological polar surface area (TPSA) is 43.4 Å². The van der Waals surface area contributed by atoms with Crippen LogP contribution in [0, 0.1) is 0 Å². The molecule has 0 saturated carbocycles. The Hall–Kier alpha value is -2.07. The van der Waals surface area contributed by atoms with Crippen LogP contribution in [0.15, 0.2) is 42.6 Å². The van der Waals surface area contributed by atoms with Crippen molar-refractivity contribution < 1.29 is 9.47 Å². The summed E-state index contributed by atoms with van der Waals surface area (Å²) in [4.78, 5) is 4.24. The number of benzene rings is 1. The first-order valence-corrected chi connectivity index (χ1v) is 7.23. The van der Waals surface area contributed by atoms with Gasteiger partial charge < -0.3 is 14.8 Å². The molecule has 0 amide bonds. The van der Waals surface area contributed by atoms with Crippen LogP contribution in [0.1, 0.15) is 24.5 Å². The lowest BCUT2D eigenvalue weighted by Gasteiger charge is -2.08. The molecule has 0 aliphatic carbocycles. The number of ether oxygens (including phenoxy) is 2. The van der Waals surface area contributed by atoms with E-state index in [2.05, 4.69) is 17.2 Å². The number of nitrogens with one attached hydrogen (secondary N) is 1. The van der Waals surface area contributed by atoms with E-state index in [1.807, 2.05) is 36.4 Å². The predicted molar refractivity (Wildman–Crippen MR) is 83.6 cm³/mol. The molecular weight excluding hydrogens is 264 g/mol. The first-order valence-electron chi connectivity index (χ1n) is 7.23. The Balaban J connectivity index is 1.91. The SMILES string of the molecule is CCCNCc1ccnc(OCc2cccc(OC)c2)c1. The summed E-state index contributed by atoms with van der Waals surface area (Å²) in [5, 5.41) is 3.37. The Labute approximate surface area is 126 Å². The van der Waals surface area contributed by atoms with Gasteiger partial charge in [-0.2, -0.15) is 0 Å². The molecule has 0 fully saturated rings. The normalized spacial score (nSPS) is 10.4. The van der Waals surface area contributed by atoms with E-state index < -0.39 is 0 Å². The summed E-state index contributed by atoms with van der Waals surface area (Å²) in [6.07, 6.45) is 2.91. The summed E-state index contributed by atoms with van der Waals surface area (Å²) in [5.74, 6) is 1.48. The molecule has 0 unspecified atom stereocenters. The van der Waals surface area contributed by atoms with E-state index in [1.54, 1.807) is 13.3 Å². The van der Waals surface area contributed by atoms with E-state index in [0.717, 1.165) is 30.8 Å². The van der Waals surface area contributed by atoms with Gasteiger partial charge in [0.1, 0.15) is 12.4 Å². The van der Waals surface area contributed by atoms with Gasteiger partial charge in [0.25, 0.3) is 0 Å². The van der Waals surface area contributed by atoms with E-state index in [-0.39, 0.29) is 0 Å². The monoisotopic (exact) mass is 286 g/mol. The lowest BCUT2D eigenvalue weighted by molar-refractivity contribution is 0.292. The lowest BCUT2D eigenvalue weighted by Crippen LogP contribution is -2.13. The van der Waals surface area contributed by atoms with Crippen LogP contribution in [0.2, 0.25) is 0 Å². The zero-order valence-corrected chi connectivity index (χ0v) is 12.6. The van der Waals surface area contributed by atoms with Gasteiger partial charge in [-0.25, -0.2) is 4.98 Å². The Morgan fingerprint density at radius 3 is 2.86 bits per heavy atom. The molecule has 0 aliphatic rings. The maximum Gasteiger partial charge on any atom is 0.213 e. The predicted octanol–water partition coefficient (Wildman–Crippen LogP) is 3.17. The number of pyridine rings is 1. The van der Waals surface area contributed by atoms with Gasteiger partial charge in [0, 0.05) is 18.8 Å². The summed E-state index contributed by atoms with van der Waals surface area (Å²) < 4.78 is 10.9. The van der Waals surface area contributed by atoms with Crippen LogP contribution < -0.4 is 14.8 Å². The van der Waals surface area contributed by atoms with E-state index in [1.165, 1.54) is 5.56 Å². The molecule has 2 rings (SSSR count). The number of aromatic nitrogens is 1. The van der Waals surface area contributed by atoms with E-state index in [4.69, 9.17) is 9.47 Å². The number of hydrogen-bond acceptors (Lipinski definition) is 4. The molecule has 4 heteroatoms. The fourth-order valence-corrected chi connectivity index (χ4v) is 1.97. The summed E-state index contributed by atoms with van der Waals surface area (Å²) in [6, 6.07) is 11.8. The Bertz CT molecular complexity index is 558. The average molecular weight is 286 g/mol. The number of methoxy groups -OCH3 is 1. The van der Waals surface area contributed by atoms with Crippen molar-refractivity contribution in [2.45, 2.75) is 26.5 Å². The van der Waals surface area contributed by atoms with Crippen molar-refractivity contribution >= 4 is 0 Å². The molecule has 2 aromatic rings. The second kappa shape index (κ2) is 8.27. The van der Waals surface area contributed by atoms with Gasteiger partial charge in [-0.1, -0.05) is 19.1 Å². The molecule has 0 spiro atoms. The number of nitrogens with zero attached hydrogens (tertiary/aromatic N) is 1. The second-order valence-corrected chi connectivity index (χ2v) is 4.82. The summed E-state index contributed by atoms with van der Waals surface area (Å²) >= 11 is 0. The standard InChI is InChI=1S/C17H22N2O2/c1-3-8-18-12-14-7-9-19-17(11-14)21-13-15-5-4-6-16(10-15)20-2/h4-7,9-11,18H,3,8,12-13H2,1-2H3. The van der Waals surface area contributed by atoms with Crippen LogP contribution in [0.3, 0.4) is 0 Å². The van der Waals surface area contributed by atoms with Crippen molar-refractivity contribution in [1.82, 2.24) is 10.3 Å². The Morgan fingerprint density at radius 2 is 2.05 bits per heavy atom. The molecule has 0 aliphatic heterocycles. The van der Waals surface area contributed by atoms with Gasteiger partial charge in [-0.05, 0) is 42.3 Å². The fraction of sp³-hybridized carbons (Fsp3) is 0.353. The number of hydrogen-bond donors (Lipinski definition) is 1. The Kier molecular flexibility index (Phi) is 6.03. The molecule has 1 N–H and O–H groups in total. The van der Waals surface area contributed by atoms with Crippen LogP contribution >= 0.6 is 0 Å². The summed E-state index contributed by atoms with van der Waals surface area (Å²) in [7, 11) is 1.66. The first-order chi connectivity index (χ1) is 10.3. The van der Waals surface area contributed by atoms with E-state index in [0.29, 0.717) is 12.5 Å². The maximum absolute atomic E-state index is 5.74. The third-order valence-electron chi connectivity index (χ3n) is 3.08. The highest BCUT2D eigenvalue weighted by Crippen LogP contribution is 2.15. The molecule has 4 nitrogen and oxygen atoms in total. The van der Waals surface area contributed by atoms with Crippen LogP contribution in [0.25, 0.3) is 0 Å². The zero-order chi connectivity index (χ0) is 14.9. The third kappa shape index (κ3) is 5.08. The van der Waals surface area contributed by atoms with Gasteiger partial charge in [0.05, 0.1) is 7.11 Å².